The first kappa shape index (κ1) is 23.2. The summed E-state index contributed by atoms with van der Waals surface area (Å²) in [5.74, 6) is 0.497. The number of amides is 1. The minimum absolute atomic E-state index is 0.0310. The van der Waals surface area contributed by atoms with Crippen LogP contribution in [0.15, 0.2) is 85.7 Å². The molecule has 7 heteroatoms. The van der Waals surface area contributed by atoms with Gasteiger partial charge in [-0.2, -0.15) is 0 Å². The Bertz CT molecular complexity index is 1510. The zero-order chi connectivity index (χ0) is 25.1. The average molecular weight is 478 g/mol. The quantitative estimate of drug-likeness (QED) is 0.337. The molecule has 1 atom stereocenters. The maximum Gasteiger partial charge on any atom is 0.229 e. The number of rotatable bonds is 7. The molecule has 0 aliphatic carbocycles. The number of likely N-dealkylation sites (N-methyl/N-ethyl adjacent to an activating group) is 1. The van der Waals surface area contributed by atoms with Crippen molar-refractivity contribution in [3.05, 3.63) is 96.8 Å². The molecule has 180 valence electrons. The Morgan fingerprint density at radius 2 is 1.78 bits per heavy atom. The zero-order valence-corrected chi connectivity index (χ0v) is 20.5. The van der Waals surface area contributed by atoms with Gasteiger partial charge in [-0.3, -0.25) is 14.8 Å². The molecule has 1 amide bonds. The molecule has 0 radical (unpaired) electrons. The van der Waals surface area contributed by atoms with Crippen molar-refractivity contribution in [2.75, 3.05) is 14.2 Å². The van der Waals surface area contributed by atoms with Crippen molar-refractivity contribution in [1.82, 2.24) is 24.8 Å². The smallest absolute Gasteiger partial charge is 0.229 e. The number of para-hydroxylation sites is 1. The van der Waals surface area contributed by atoms with Gasteiger partial charge in [-0.05, 0) is 48.4 Å². The maximum absolute atomic E-state index is 13.2. The first-order valence-corrected chi connectivity index (χ1v) is 11.7. The third kappa shape index (κ3) is 4.55. The summed E-state index contributed by atoms with van der Waals surface area (Å²) in [5.41, 5.74) is 6.54. The number of fused-ring (bicyclic) bond motifs is 1. The molecule has 5 rings (SSSR count). The summed E-state index contributed by atoms with van der Waals surface area (Å²) in [6, 6.07) is 15.9. The molecule has 36 heavy (non-hydrogen) atoms. The fraction of sp³-hybridized carbons (Fsp3) is 0.172. The van der Waals surface area contributed by atoms with E-state index >= 15 is 0 Å². The summed E-state index contributed by atoms with van der Waals surface area (Å²) in [6.07, 6.45) is 10.8. The van der Waals surface area contributed by atoms with Gasteiger partial charge in [0.05, 0.1) is 13.0 Å². The third-order valence-electron chi connectivity index (χ3n) is 6.44. The van der Waals surface area contributed by atoms with Gasteiger partial charge in [0.15, 0.2) is 0 Å². The number of aromatic amines is 1. The molecule has 1 aromatic carbocycles. The Hall–Kier alpha value is -4.52. The van der Waals surface area contributed by atoms with E-state index in [1.165, 1.54) is 0 Å². The number of carbonyl (C=O) groups is 1. The van der Waals surface area contributed by atoms with Crippen molar-refractivity contribution in [1.29, 1.82) is 0 Å². The van der Waals surface area contributed by atoms with E-state index in [1.807, 2.05) is 68.8 Å². The van der Waals surface area contributed by atoms with Crippen molar-refractivity contribution in [2.24, 2.45) is 0 Å². The van der Waals surface area contributed by atoms with E-state index in [-0.39, 0.29) is 11.8 Å². The first-order chi connectivity index (χ1) is 17.5. The molecule has 7 nitrogen and oxygen atoms in total. The highest BCUT2D eigenvalue weighted by atomic mass is 16.5. The normalized spacial score (nSPS) is 11.9. The number of H-pyrrole nitrogens is 1. The van der Waals surface area contributed by atoms with E-state index in [4.69, 9.17) is 4.74 Å². The molecule has 0 aliphatic rings. The van der Waals surface area contributed by atoms with Crippen LogP contribution in [-0.2, 0) is 11.3 Å². The molecular formula is C29H27N5O2. The lowest BCUT2D eigenvalue weighted by atomic mass is 9.97. The van der Waals surface area contributed by atoms with Gasteiger partial charge in [0.25, 0.3) is 0 Å². The number of nitrogens with one attached hydrogen (secondary N) is 1. The molecule has 0 fully saturated rings. The highest BCUT2D eigenvalue weighted by Crippen LogP contribution is 2.36. The number of pyridine rings is 3. The average Bonchev–Trinajstić information content (AvgIpc) is 3.36. The van der Waals surface area contributed by atoms with Crippen LogP contribution in [0.5, 0.6) is 5.75 Å². The summed E-state index contributed by atoms with van der Waals surface area (Å²) in [5, 5.41) is 0.989. The van der Waals surface area contributed by atoms with Gasteiger partial charge in [0.1, 0.15) is 11.4 Å². The molecule has 0 spiro atoms. The fourth-order valence-corrected chi connectivity index (χ4v) is 4.42. The standard InChI is InChI=1S/C29H27N5O2/c1-19(29(35)34(2)18-20-8-10-30-11-9-20)21-12-22(15-31-14-21)23-13-25-26(17-33-28(25)32-16-23)24-6-4-5-7-27(24)36-3/h4-17,19H,18H2,1-3H3,(H,32,33). The van der Waals surface area contributed by atoms with E-state index in [2.05, 4.69) is 26.0 Å². The Kier molecular flexibility index (Phi) is 6.45. The predicted octanol–water partition coefficient (Wildman–Crippen LogP) is 5.46. The fourth-order valence-electron chi connectivity index (χ4n) is 4.42. The minimum Gasteiger partial charge on any atom is -0.496 e. The number of nitrogens with zero attached hydrogens (tertiary/aromatic N) is 4. The summed E-state index contributed by atoms with van der Waals surface area (Å²) in [7, 11) is 3.49. The molecule has 1 N–H and O–H groups in total. The Labute approximate surface area is 209 Å². The lowest BCUT2D eigenvalue weighted by Crippen LogP contribution is -2.30. The molecule has 4 aromatic heterocycles. The molecule has 0 saturated heterocycles. The van der Waals surface area contributed by atoms with E-state index in [0.29, 0.717) is 6.54 Å². The number of hydrogen-bond donors (Lipinski definition) is 1. The van der Waals surface area contributed by atoms with Gasteiger partial charge in [-0.25, -0.2) is 4.98 Å². The molecule has 0 saturated carbocycles. The summed E-state index contributed by atoms with van der Waals surface area (Å²) in [4.78, 5) is 31.3. The largest absolute Gasteiger partial charge is 0.496 e. The number of ether oxygens (including phenoxy) is 1. The molecule has 4 heterocycles. The topological polar surface area (TPSA) is 84.0 Å². The van der Waals surface area contributed by atoms with E-state index in [0.717, 1.165) is 50.2 Å². The van der Waals surface area contributed by atoms with Crippen LogP contribution in [0.25, 0.3) is 33.3 Å². The number of aromatic nitrogens is 4. The Balaban J connectivity index is 1.44. The Morgan fingerprint density at radius 1 is 1.00 bits per heavy atom. The van der Waals surface area contributed by atoms with Crippen LogP contribution in [-0.4, -0.2) is 44.9 Å². The molecule has 0 aliphatic heterocycles. The van der Waals surface area contributed by atoms with Crippen molar-refractivity contribution >= 4 is 16.9 Å². The number of carbonyl (C=O) groups excluding carboxylic acids is 1. The third-order valence-corrected chi connectivity index (χ3v) is 6.44. The lowest BCUT2D eigenvalue weighted by Gasteiger charge is -2.22. The van der Waals surface area contributed by atoms with E-state index in [1.54, 1.807) is 36.8 Å². The summed E-state index contributed by atoms with van der Waals surface area (Å²) in [6.45, 7) is 2.44. The van der Waals surface area contributed by atoms with Gasteiger partial charge in [-0.1, -0.05) is 18.2 Å². The van der Waals surface area contributed by atoms with Crippen LogP contribution >= 0.6 is 0 Å². The van der Waals surface area contributed by atoms with Crippen LogP contribution in [0.2, 0.25) is 0 Å². The monoisotopic (exact) mass is 477 g/mol. The second kappa shape index (κ2) is 10.00. The van der Waals surface area contributed by atoms with Crippen LogP contribution in [0.4, 0.5) is 0 Å². The molecule has 5 aromatic rings. The maximum atomic E-state index is 13.2. The van der Waals surface area contributed by atoms with Crippen LogP contribution in [0.3, 0.4) is 0 Å². The number of benzene rings is 1. The molecule has 1 unspecified atom stereocenters. The van der Waals surface area contributed by atoms with E-state index < -0.39 is 0 Å². The van der Waals surface area contributed by atoms with Gasteiger partial charge < -0.3 is 14.6 Å². The van der Waals surface area contributed by atoms with Crippen molar-refractivity contribution in [3.8, 4) is 28.0 Å². The lowest BCUT2D eigenvalue weighted by molar-refractivity contribution is -0.131. The van der Waals surface area contributed by atoms with E-state index in [9.17, 15) is 4.79 Å². The number of methoxy groups -OCH3 is 1. The number of hydrogen-bond acceptors (Lipinski definition) is 5. The van der Waals surface area contributed by atoms with Crippen LogP contribution in [0, 0.1) is 0 Å². The van der Waals surface area contributed by atoms with Crippen molar-refractivity contribution in [3.63, 3.8) is 0 Å². The molecule has 0 bridgehead atoms. The van der Waals surface area contributed by atoms with Gasteiger partial charge in [-0.15, -0.1) is 0 Å². The second-order valence-corrected chi connectivity index (χ2v) is 8.80. The minimum atomic E-state index is -0.336. The second-order valence-electron chi connectivity index (χ2n) is 8.80. The van der Waals surface area contributed by atoms with Gasteiger partial charge in [0, 0.05) is 78.4 Å². The van der Waals surface area contributed by atoms with Gasteiger partial charge in [0.2, 0.25) is 5.91 Å². The summed E-state index contributed by atoms with van der Waals surface area (Å²) >= 11 is 0. The van der Waals surface area contributed by atoms with Crippen molar-refractivity contribution in [2.45, 2.75) is 19.4 Å². The van der Waals surface area contributed by atoms with Crippen LogP contribution < -0.4 is 4.74 Å². The molecular weight excluding hydrogens is 450 g/mol. The first-order valence-electron chi connectivity index (χ1n) is 11.7. The summed E-state index contributed by atoms with van der Waals surface area (Å²) < 4.78 is 5.57. The Morgan fingerprint density at radius 3 is 2.58 bits per heavy atom. The SMILES string of the molecule is COc1ccccc1-c1c[nH]c2ncc(-c3cncc(C(C)C(=O)N(C)Cc4ccncc4)c3)cc12. The predicted molar refractivity (Wildman–Crippen MR) is 140 cm³/mol. The van der Waals surface area contributed by atoms with Crippen LogP contribution in [0.1, 0.15) is 24.0 Å². The highest BCUT2D eigenvalue weighted by molar-refractivity contribution is 5.97. The zero-order valence-electron chi connectivity index (χ0n) is 20.5. The highest BCUT2D eigenvalue weighted by Gasteiger charge is 2.21. The van der Waals surface area contributed by atoms with Gasteiger partial charge >= 0.3 is 0 Å². The van der Waals surface area contributed by atoms with Crippen molar-refractivity contribution < 1.29 is 9.53 Å².